The van der Waals surface area contributed by atoms with Crippen LogP contribution in [0.5, 0.6) is 5.88 Å². The minimum Gasteiger partial charge on any atom is -0.493 e. The summed E-state index contributed by atoms with van der Waals surface area (Å²) in [6, 6.07) is 25.6. The van der Waals surface area contributed by atoms with E-state index in [4.69, 9.17) is 4.99 Å². The van der Waals surface area contributed by atoms with Crippen LogP contribution in [0.1, 0.15) is 21.6 Å². The number of aromatic hydroxyl groups is 1. The zero-order chi connectivity index (χ0) is 22.1. The summed E-state index contributed by atoms with van der Waals surface area (Å²) >= 11 is 1.32. The van der Waals surface area contributed by atoms with Gasteiger partial charge in [-0.15, -0.1) is 0 Å². The number of carbonyl (C=O) groups excluding carboxylic acids is 1. The van der Waals surface area contributed by atoms with Crippen molar-refractivity contribution in [3.05, 3.63) is 116 Å². The van der Waals surface area contributed by atoms with Crippen LogP contribution in [0.3, 0.4) is 0 Å². The van der Waals surface area contributed by atoms with Gasteiger partial charge in [0.15, 0.2) is 4.80 Å². The van der Waals surface area contributed by atoms with Gasteiger partial charge in [-0.3, -0.25) is 14.4 Å². The molecule has 32 heavy (non-hydrogen) atoms. The summed E-state index contributed by atoms with van der Waals surface area (Å²) in [5.41, 5.74) is 3.59. The molecule has 158 valence electrons. The molecule has 0 atom stereocenters. The fourth-order valence-electron chi connectivity index (χ4n) is 3.78. The van der Waals surface area contributed by atoms with Crippen molar-refractivity contribution >= 4 is 22.8 Å². The van der Waals surface area contributed by atoms with E-state index in [1.54, 1.807) is 4.57 Å². The van der Waals surface area contributed by atoms with Gasteiger partial charge in [-0.25, -0.2) is 4.99 Å². The Morgan fingerprint density at radius 1 is 0.969 bits per heavy atom. The molecule has 6 heteroatoms. The van der Waals surface area contributed by atoms with Crippen LogP contribution in [0, 0.1) is 6.92 Å². The molecule has 0 bridgehead atoms. The molecule has 1 aliphatic heterocycles. The fraction of sp³-hybridized carbons (Fsp3) is 0.115. The van der Waals surface area contributed by atoms with E-state index in [9.17, 15) is 9.90 Å². The summed E-state index contributed by atoms with van der Waals surface area (Å²) in [5, 5.41) is 12.6. The highest BCUT2D eigenvalue weighted by Crippen LogP contribution is 2.29. The summed E-state index contributed by atoms with van der Waals surface area (Å²) in [6.07, 6.45) is 0. The lowest BCUT2D eigenvalue weighted by Gasteiger charge is -2.06. The largest absolute Gasteiger partial charge is 0.493 e. The molecule has 1 amide bonds. The molecule has 4 aromatic rings. The quantitative estimate of drug-likeness (QED) is 0.519. The lowest BCUT2D eigenvalue weighted by Crippen LogP contribution is -2.23. The first-order valence-corrected chi connectivity index (χ1v) is 11.2. The third kappa shape index (κ3) is 3.81. The van der Waals surface area contributed by atoms with Crippen molar-refractivity contribution in [2.75, 3.05) is 0 Å². The lowest BCUT2D eigenvalue weighted by molar-refractivity contribution is -0.112. The number of aryl methyl sites for hydroxylation is 1. The first kappa shape index (κ1) is 20.2. The Balaban J connectivity index is 1.69. The van der Waals surface area contributed by atoms with Crippen LogP contribution >= 0.6 is 11.3 Å². The Morgan fingerprint density at radius 3 is 2.38 bits per heavy atom. The molecule has 0 unspecified atom stereocenters. The van der Waals surface area contributed by atoms with E-state index >= 15 is 0 Å². The van der Waals surface area contributed by atoms with Gasteiger partial charge in [0, 0.05) is 5.22 Å². The maximum absolute atomic E-state index is 12.8. The summed E-state index contributed by atoms with van der Waals surface area (Å²) in [4.78, 5) is 22.9. The normalized spacial score (nSPS) is 13.3. The fourth-order valence-corrected chi connectivity index (χ4v) is 4.86. The second kappa shape index (κ2) is 8.40. The number of aromatic nitrogens is 1. The SMILES string of the molecule is Cc1ccc2c(c1)=C(c1sc(=NCc3ccccc3)n(Cc3ccccc3)c1O)C(=O)N=2. The van der Waals surface area contributed by atoms with E-state index in [0.29, 0.717) is 33.7 Å². The van der Waals surface area contributed by atoms with Crippen LogP contribution in [0.4, 0.5) is 0 Å². The molecule has 1 aromatic heterocycles. The van der Waals surface area contributed by atoms with Crippen molar-refractivity contribution in [2.24, 2.45) is 9.98 Å². The van der Waals surface area contributed by atoms with E-state index in [1.165, 1.54) is 11.3 Å². The van der Waals surface area contributed by atoms with E-state index in [-0.39, 0.29) is 11.8 Å². The number of rotatable bonds is 5. The number of hydrogen-bond donors (Lipinski definition) is 1. The van der Waals surface area contributed by atoms with Gasteiger partial charge in [-0.1, -0.05) is 83.6 Å². The molecule has 0 saturated heterocycles. The van der Waals surface area contributed by atoms with Crippen molar-refractivity contribution < 1.29 is 9.90 Å². The highest BCUT2D eigenvalue weighted by Gasteiger charge is 2.25. The van der Waals surface area contributed by atoms with Gasteiger partial charge in [-0.05, 0) is 30.2 Å². The highest BCUT2D eigenvalue weighted by atomic mass is 32.1. The lowest BCUT2D eigenvalue weighted by atomic mass is 10.1. The third-order valence-electron chi connectivity index (χ3n) is 5.39. The Morgan fingerprint density at radius 2 is 1.66 bits per heavy atom. The van der Waals surface area contributed by atoms with Gasteiger partial charge >= 0.3 is 0 Å². The van der Waals surface area contributed by atoms with Crippen LogP contribution < -0.4 is 15.4 Å². The van der Waals surface area contributed by atoms with Gasteiger partial charge in [0.1, 0.15) is 4.88 Å². The smallest absolute Gasteiger partial charge is 0.279 e. The minimum absolute atomic E-state index is 0.0403. The summed E-state index contributed by atoms with van der Waals surface area (Å²) in [7, 11) is 0. The zero-order valence-corrected chi connectivity index (χ0v) is 18.3. The summed E-state index contributed by atoms with van der Waals surface area (Å²) in [5.74, 6) is -0.290. The van der Waals surface area contributed by atoms with Crippen molar-refractivity contribution in [3.8, 4) is 5.88 Å². The molecule has 0 aliphatic carbocycles. The van der Waals surface area contributed by atoms with E-state index in [1.807, 2.05) is 85.8 Å². The zero-order valence-electron chi connectivity index (χ0n) is 17.5. The molecular formula is C26H21N3O2S. The minimum atomic E-state index is -0.330. The molecule has 3 aromatic carbocycles. The molecule has 0 radical (unpaired) electrons. The second-order valence-electron chi connectivity index (χ2n) is 7.72. The van der Waals surface area contributed by atoms with Gasteiger partial charge in [-0.2, -0.15) is 0 Å². The van der Waals surface area contributed by atoms with Gasteiger partial charge in [0.2, 0.25) is 5.88 Å². The average molecular weight is 440 g/mol. The molecule has 0 saturated carbocycles. The van der Waals surface area contributed by atoms with Crippen molar-refractivity contribution in [1.82, 2.24) is 4.57 Å². The number of fused-ring (bicyclic) bond motifs is 1. The van der Waals surface area contributed by atoms with E-state index < -0.39 is 0 Å². The topological polar surface area (TPSA) is 66.9 Å². The molecule has 1 N–H and O–H groups in total. The molecular weight excluding hydrogens is 418 g/mol. The van der Waals surface area contributed by atoms with Crippen molar-refractivity contribution in [1.29, 1.82) is 0 Å². The molecule has 0 fully saturated rings. The number of thiazole rings is 1. The summed E-state index contributed by atoms with van der Waals surface area (Å²) in [6.45, 7) is 2.92. The van der Waals surface area contributed by atoms with Crippen LogP contribution in [0.25, 0.3) is 5.57 Å². The Labute approximate surface area is 189 Å². The van der Waals surface area contributed by atoms with Gasteiger partial charge < -0.3 is 5.11 Å². The maximum atomic E-state index is 12.8. The molecule has 2 heterocycles. The molecule has 0 spiro atoms. The van der Waals surface area contributed by atoms with E-state index in [0.717, 1.165) is 21.9 Å². The number of amides is 1. The van der Waals surface area contributed by atoms with Crippen LogP contribution in [0.2, 0.25) is 0 Å². The average Bonchev–Trinajstić information content (AvgIpc) is 3.29. The van der Waals surface area contributed by atoms with Crippen molar-refractivity contribution in [2.45, 2.75) is 20.0 Å². The standard InChI is InChI=1S/C26H21N3O2S/c1-17-12-13-21-20(14-17)22(24(30)28-21)23-25(31)29(16-19-10-6-3-7-11-19)26(32-23)27-15-18-8-4-2-5-9-18/h2-14,31H,15-16H2,1H3. The predicted octanol–water partition coefficient (Wildman–Crippen LogP) is 3.07. The van der Waals surface area contributed by atoms with Crippen molar-refractivity contribution in [3.63, 3.8) is 0 Å². The van der Waals surface area contributed by atoms with Crippen LogP contribution in [-0.2, 0) is 17.9 Å². The van der Waals surface area contributed by atoms with Crippen LogP contribution in [-0.4, -0.2) is 15.6 Å². The Hall–Kier alpha value is -3.77. The maximum Gasteiger partial charge on any atom is 0.279 e. The van der Waals surface area contributed by atoms with Gasteiger partial charge in [0.25, 0.3) is 5.91 Å². The Bertz CT molecular complexity index is 1500. The predicted molar refractivity (Wildman–Crippen MR) is 125 cm³/mol. The highest BCUT2D eigenvalue weighted by molar-refractivity contribution is 7.11. The number of benzene rings is 3. The number of hydrogen-bond acceptors (Lipinski definition) is 4. The second-order valence-corrected chi connectivity index (χ2v) is 8.70. The third-order valence-corrected chi connectivity index (χ3v) is 6.51. The molecule has 1 aliphatic rings. The van der Waals surface area contributed by atoms with E-state index in [2.05, 4.69) is 4.99 Å². The first-order valence-electron chi connectivity index (χ1n) is 10.4. The van der Waals surface area contributed by atoms with Crippen LogP contribution in [0.15, 0.2) is 88.8 Å². The number of nitrogens with zero attached hydrogens (tertiary/aromatic N) is 3. The number of carbonyl (C=O) groups is 1. The Kier molecular flexibility index (Phi) is 5.29. The monoisotopic (exact) mass is 439 g/mol. The summed E-state index contributed by atoms with van der Waals surface area (Å²) < 4.78 is 1.77. The molecule has 5 nitrogen and oxygen atoms in total. The van der Waals surface area contributed by atoms with Gasteiger partial charge in [0.05, 0.1) is 24.0 Å². The first-order chi connectivity index (χ1) is 15.6. The molecule has 5 rings (SSSR count).